The highest BCUT2D eigenvalue weighted by atomic mass is 32.2. The van der Waals surface area contributed by atoms with Crippen molar-refractivity contribution in [2.24, 2.45) is 5.92 Å². The van der Waals surface area contributed by atoms with Crippen LogP contribution in [-0.2, 0) is 16.6 Å². The number of aryl methyl sites for hydroxylation is 1. The van der Waals surface area contributed by atoms with Crippen molar-refractivity contribution in [1.29, 1.82) is 0 Å². The molecule has 0 aromatic carbocycles. The first kappa shape index (κ1) is 16.9. The van der Waals surface area contributed by atoms with Crippen LogP contribution in [0.5, 0.6) is 0 Å². The molecule has 0 unspecified atom stereocenters. The van der Waals surface area contributed by atoms with E-state index in [4.69, 9.17) is 0 Å². The molecular formula is C14H24N2O3S2. The summed E-state index contributed by atoms with van der Waals surface area (Å²) in [5.41, 5.74) is 0.851. The van der Waals surface area contributed by atoms with Crippen molar-refractivity contribution in [1.82, 2.24) is 9.21 Å². The van der Waals surface area contributed by atoms with Gasteiger partial charge in [-0.15, -0.1) is 11.3 Å². The second kappa shape index (κ2) is 6.75. The van der Waals surface area contributed by atoms with Crippen LogP contribution in [0.1, 0.15) is 23.3 Å². The van der Waals surface area contributed by atoms with E-state index in [0.717, 1.165) is 29.8 Å². The first-order chi connectivity index (χ1) is 9.84. The van der Waals surface area contributed by atoms with Gasteiger partial charge in [0.2, 0.25) is 0 Å². The number of sulfonamides is 1. The summed E-state index contributed by atoms with van der Waals surface area (Å²) in [6.45, 7) is 3.93. The van der Waals surface area contributed by atoms with E-state index in [1.54, 1.807) is 10.4 Å². The summed E-state index contributed by atoms with van der Waals surface area (Å²) >= 11 is 1.18. The van der Waals surface area contributed by atoms with Gasteiger partial charge < -0.3 is 10.0 Å². The molecule has 0 radical (unpaired) electrons. The molecule has 1 aliphatic heterocycles. The molecule has 1 aromatic rings. The maximum Gasteiger partial charge on any atom is 0.252 e. The van der Waals surface area contributed by atoms with Crippen molar-refractivity contribution < 1.29 is 13.5 Å². The molecule has 1 N–H and O–H groups in total. The van der Waals surface area contributed by atoms with Gasteiger partial charge in [-0.05, 0) is 51.4 Å². The highest BCUT2D eigenvalue weighted by molar-refractivity contribution is 7.91. The Kier molecular flexibility index (Phi) is 5.43. The largest absolute Gasteiger partial charge is 0.391 e. The maximum absolute atomic E-state index is 12.6. The lowest BCUT2D eigenvalue weighted by Gasteiger charge is -2.32. The summed E-state index contributed by atoms with van der Waals surface area (Å²) in [6, 6.07) is 1.68. The minimum atomic E-state index is -3.40. The molecule has 0 saturated carbocycles. The van der Waals surface area contributed by atoms with Crippen LogP contribution in [0.25, 0.3) is 0 Å². The van der Waals surface area contributed by atoms with E-state index in [0.29, 0.717) is 23.2 Å². The number of piperidine rings is 1. The fourth-order valence-corrected chi connectivity index (χ4v) is 5.82. The summed E-state index contributed by atoms with van der Waals surface area (Å²) < 4.78 is 27.2. The van der Waals surface area contributed by atoms with Gasteiger partial charge in [-0.3, -0.25) is 0 Å². The molecule has 0 spiro atoms. The SMILES string of the molecule is Cc1cc(S(=O)(=O)N2CCC(CN(C)C)CC2)sc1CO. The molecular weight excluding hydrogens is 308 g/mol. The topological polar surface area (TPSA) is 60.9 Å². The Bertz CT molecular complexity index is 573. The maximum atomic E-state index is 12.6. The molecule has 7 heteroatoms. The molecule has 0 amide bonds. The zero-order valence-electron chi connectivity index (χ0n) is 12.9. The van der Waals surface area contributed by atoms with E-state index in [2.05, 4.69) is 4.90 Å². The molecule has 21 heavy (non-hydrogen) atoms. The average Bonchev–Trinajstić information content (AvgIpc) is 2.80. The highest BCUT2D eigenvalue weighted by Gasteiger charge is 2.31. The van der Waals surface area contributed by atoms with Crippen molar-refractivity contribution >= 4 is 21.4 Å². The predicted octanol–water partition coefficient (Wildman–Crippen LogP) is 1.51. The first-order valence-electron chi connectivity index (χ1n) is 7.19. The van der Waals surface area contributed by atoms with Gasteiger partial charge in [0, 0.05) is 24.5 Å². The molecule has 0 atom stereocenters. The Balaban J connectivity index is 2.07. The molecule has 1 saturated heterocycles. The third-order valence-electron chi connectivity index (χ3n) is 3.93. The lowest BCUT2D eigenvalue weighted by atomic mass is 9.98. The monoisotopic (exact) mass is 332 g/mol. The van der Waals surface area contributed by atoms with Crippen molar-refractivity contribution in [2.45, 2.75) is 30.6 Å². The van der Waals surface area contributed by atoms with Crippen LogP contribution in [0.2, 0.25) is 0 Å². The second-order valence-corrected chi connectivity index (χ2v) is 9.24. The van der Waals surface area contributed by atoms with Gasteiger partial charge in [0.25, 0.3) is 10.0 Å². The Morgan fingerprint density at radius 1 is 1.38 bits per heavy atom. The molecule has 1 aromatic heterocycles. The number of nitrogens with zero attached hydrogens (tertiary/aromatic N) is 2. The lowest BCUT2D eigenvalue weighted by Crippen LogP contribution is -2.40. The third kappa shape index (κ3) is 3.84. The number of aliphatic hydroxyl groups excluding tert-OH is 1. The standard InChI is InChI=1S/C14H24N2O3S2/c1-11-8-14(20-13(11)10-17)21(18,19)16-6-4-12(5-7-16)9-15(2)3/h8,12,17H,4-7,9-10H2,1-3H3. The third-order valence-corrected chi connectivity index (χ3v) is 7.50. The quantitative estimate of drug-likeness (QED) is 0.888. The van der Waals surface area contributed by atoms with Crippen LogP contribution in [0, 0.1) is 12.8 Å². The smallest absolute Gasteiger partial charge is 0.252 e. The average molecular weight is 332 g/mol. The Hall–Kier alpha value is -0.470. The minimum Gasteiger partial charge on any atom is -0.391 e. The van der Waals surface area contributed by atoms with E-state index in [1.165, 1.54) is 11.3 Å². The van der Waals surface area contributed by atoms with E-state index < -0.39 is 10.0 Å². The zero-order chi connectivity index (χ0) is 15.6. The van der Waals surface area contributed by atoms with Crippen molar-refractivity contribution in [3.63, 3.8) is 0 Å². The van der Waals surface area contributed by atoms with E-state index in [-0.39, 0.29) is 6.61 Å². The molecule has 0 bridgehead atoms. The summed E-state index contributed by atoms with van der Waals surface area (Å²) in [7, 11) is 0.701. The molecule has 0 aliphatic carbocycles. The summed E-state index contributed by atoms with van der Waals surface area (Å²) in [5.74, 6) is 0.574. The van der Waals surface area contributed by atoms with Crippen LogP contribution in [0.4, 0.5) is 0 Å². The normalized spacial score (nSPS) is 18.5. The van der Waals surface area contributed by atoms with Crippen LogP contribution in [0.15, 0.2) is 10.3 Å². The second-order valence-electron chi connectivity index (χ2n) is 5.94. The van der Waals surface area contributed by atoms with Gasteiger partial charge in [-0.1, -0.05) is 0 Å². The fourth-order valence-electron chi connectivity index (χ4n) is 2.75. The van der Waals surface area contributed by atoms with Gasteiger partial charge in [0.1, 0.15) is 4.21 Å². The fraction of sp³-hybridized carbons (Fsp3) is 0.714. The van der Waals surface area contributed by atoms with E-state index in [9.17, 15) is 13.5 Å². The summed E-state index contributed by atoms with van der Waals surface area (Å²) in [5, 5.41) is 9.22. The van der Waals surface area contributed by atoms with Crippen LogP contribution >= 0.6 is 11.3 Å². The van der Waals surface area contributed by atoms with Crippen LogP contribution in [0.3, 0.4) is 0 Å². The van der Waals surface area contributed by atoms with E-state index >= 15 is 0 Å². The minimum absolute atomic E-state index is 0.100. The van der Waals surface area contributed by atoms with Gasteiger partial charge in [-0.2, -0.15) is 4.31 Å². The van der Waals surface area contributed by atoms with Crippen LogP contribution in [-0.4, -0.2) is 56.5 Å². The number of hydrogen-bond donors (Lipinski definition) is 1. The Labute approximate surface area is 131 Å². The summed E-state index contributed by atoms with van der Waals surface area (Å²) in [6.07, 6.45) is 1.82. The number of hydrogen-bond acceptors (Lipinski definition) is 5. The number of aliphatic hydroxyl groups is 1. The number of thiophene rings is 1. The molecule has 5 nitrogen and oxygen atoms in total. The Morgan fingerprint density at radius 2 is 2.00 bits per heavy atom. The van der Waals surface area contributed by atoms with Crippen LogP contribution < -0.4 is 0 Å². The first-order valence-corrected chi connectivity index (χ1v) is 9.45. The zero-order valence-corrected chi connectivity index (χ0v) is 14.5. The molecule has 1 fully saturated rings. The van der Waals surface area contributed by atoms with Gasteiger partial charge in [0.05, 0.1) is 6.61 Å². The van der Waals surface area contributed by atoms with Crippen molar-refractivity contribution in [2.75, 3.05) is 33.7 Å². The number of rotatable bonds is 5. The van der Waals surface area contributed by atoms with Crippen molar-refractivity contribution in [3.8, 4) is 0 Å². The van der Waals surface area contributed by atoms with Crippen molar-refractivity contribution in [3.05, 3.63) is 16.5 Å². The molecule has 120 valence electrons. The molecule has 2 heterocycles. The van der Waals surface area contributed by atoms with Gasteiger partial charge >= 0.3 is 0 Å². The van der Waals surface area contributed by atoms with Gasteiger partial charge in [0.15, 0.2) is 0 Å². The predicted molar refractivity (Wildman–Crippen MR) is 85.0 cm³/mol. The van der Waals surface area contributed by atoms with Gasteiger partial charge in [-0.25, -0.2) is 8.42 Å². The highest BCUT2D eigenvalue weighted by Crippen LogP contribution is 2.30. The Morgan fingerprint density at radius 3 is 2.48 bits per heavy atom. The molecule has 2 rings (SSSR count). The molecule has 1 aliphatic rings. The summed E-state index contributed by atoms with van der Waals surface area (Å²) in [4.78, 5) is 2.89. The lowest BCUT2D eigenvalue weighted by molar-refractivity contribution is 0.225. The van der Waals surface area contributed by atoms with E-state index in [1.807, 2.05) is 21.0 Å².